The van der Waals surface area contributed by atoms with Gasteiger partial charge in [0.1, 0.15) is 18.1 Å². The summed E-state index contributed by atoms with van der Waals surface area (Å²) in [6.45, 7) is 8.44. The lowest BCUT2D eigenvalue weighted by molar-refractivity contribution is 0.117. The van der Waals surface area contributed by atoms with Crippen molar-refractivity contribution in [2.45, 2.75) is 19.6 Å². The van der Waals surface area contributed by atoms with Crippen molar-refractivity contribution in [1.29, 1.82) is 0 Å². The molecule has 0 bridgehead atoms. The van der Waals surface area contributed by atoms with Gasteiger partial charge in [0.15, 0.2) is 0 Å². The minimum atomic E-state index is 0.182. The summed E-state index contributed by atoms with van der Waals surface area (Å²) in [6.07, 6.45) is 4.50. The highest BCUT2D eigenvalue weighted by atomic mass is 16.5. The van der Waals surface area contributed by atoms with E-state index in [-0.39, 0.29) is 6.04 Å². The van der Waals surface area contributed by atoms with Crippen LogP contribution in [-0.4, -0.2) is 49.1 Å². The van der Waals surface area contributed by atoms with Crippen LogP contribution in [0.5, 0.6) is 11.5 Å². The van der Waals surface area contributed by atoms with Crippen LogP contribution in [0.1, 0.15) is 35.2 Å². The lowest BCUT2D eigenvalue weighted by Crippen LogP contribution is -2.47. The van der Waals surface area contributed by atoms with Crippen LogP contribution in [0.2, 0.25) is 0 Å². The second-order valence-corrected chi connectivity index (χ2v) is 8.67. The van der Waals surface area contributed by atoms with E-state index in [4.69, 9.17) is 9.47 Å². The van der Waals surface area contributed by atoms with Gasteiger partial charge in [0.25, 0.3) is 0 Å². The third kappa shape index (κ3) is 4.97. The first kappa shape index (κ1) is 21.7. The monoisotopic (exact) mass is 440 g/mol. The van der Waals surface area contributed by atoms with Crippen LogP contribution in [0, 0.1) is 0 Å². The summed E-state index contributed by atoms with van der Waals surface area (Å²) in [5, 5.41) is 0. The van der Waals surface area contributed by atoms with Crippen LogP contribution >= 0.6 is 0 Å². The Hall–Kier alpha value is -3.08. The Morgan fingerprint density at radius 2 is 1.70 bits per heavy atom. The van der Waals surface area contributed by atoms with Gasteiger partial charge >= 0.3 is 0 Å². The second kappa shape index (κ2) is 10.2. The number of hydrogen-bond acceptors (Lipinski definition) is 4. The van der Waals surface area contributed by atoms with Crippen LogP contribution in [0.4, 0.5) is 0 Å². The van der Waals surface area contributed by atoms with E-state index in [0.29, 0.717) is 13.2 Å². The number of hydrogen-bond donors (Lipinski definition) is 0. The van der Waals surface area contributed by atoms with Crippen molar-refractivity contribution in [3.63, 3.8) is 0 Å². The fraction of sp³-hybridized carbons (Fsp3) is 0.310. The molecule has 2 aliphatic heterocycles. The fourth-order valence-electron chi connectivity index (χ4n) is 4.88. The highest BCUT2D eigenvalue weighted by molar-refractivity contribution is 5.50. The summed E-state index contributed by atoms with van der Waals surface area (Å²) in [6, 6.07) is 25.7. The predicted molar refractivity (Wildman–Crippen MR) is 134 cm³/mol. The van der Waals surface area contributed by atoms with E-state index in [2.05, 4.69) is 88.7 Å². The first-order valence-electron chi connectivity index (χ1n) is 12.0. The Morgan fingerprint density at radius 3 is 2.52 bits per heavy atom. The van der Waals surface area contributed by atoms with Crippen molar-refractivity contribution in [2.24, 2.45) is 0 Å². The van der Waals surface area contributed by atoms with E-state index in [9.17, 15) is 0 Å². The van der Waals surface area contributed by atoms with Gasteiger partial charge in [-0.15, -0.1) is 0 Å². The quantitative estimate of drug-likeness (QED) is 0.513. The van der Waals surface area contributed by atoms with Gasteiger partial charge in [0.2, 0.25) is 0 Å². The third-order valence-electron chi connectivity index (χ3n) is 6.57. The molecule has 5 rings (SSSR count). The predicted octanol–water partition coefficient (Wildman–Crippen LogP) is 5.40. The molecule has 0 spiro atoms. The molecule has 0 aromatic heterocycles. The van der Waals surface area contributed by atoms with Gasteiger partial charge in [0.05, 0.1) is 12.6 Å². The summed E-state index contributed by atoms with van der Waals surface area (Å²) in [4.78, 5) is 5.14. The molecule has 3 aromatic rings. The van der Waals surface area contributed by atoms with E-state index < -0.39 is 0 Å². The largest absolute Gasteiger partial charge is 0.494 e. The van der Waals surface area contributed by atoms with Gasteiger partial charge in [-0.3, -0.25) is 9.80 Å². The highest BCUT2D eigenvalue weighted by Gasteiger charge is 2.32. The normalized spacial score (nSPS) is 18.9. The lowest BCUT2D eigenvalue weighted by Gasteiger charge is -2.39. The molecule has 4 nitrogen and oxygen atoms in total. The van der Waals surface area contributed by atoms with E-state index in [1.165, 1.54) is 22.3 Å². The zero-order valence-electron chi connectivity index (χ0n) is 19.3. The average Bonchev–Trinajstić information content (AvgIpc) is 3.02. The van der Waals surface area contributed by atoms with Crippen LogP contribution in [0.3, 0.4) is 0 Å². The molecule has 2 heterocycles. The molecule has 4 heteroatoms. The molecule has 1 unspecified atom stereocenters. The zero-order valence-corrected chi connectivity index (χ0v) is 19.3. The third-order valence-corrected chi connectivity index (χ3v) is 6.57. The minimum absolute atomic E-state index is 0.182. The molecule has 1 saturated heterocycles. The minimum Gasteiger partial charge on any atom is -0.494 e. The molecular weight excluding hydrogens is 408 g/mol. The fourth-order valence-corrected chi connectivity index (χ4v) is 4.88. The second-order valence-electron chi connectivity index (χ2n) is 8.67. The van der Waals surface area contributed by atoms with E-state index >= 15 is 0 Å². The van der Waals surface area contributed by atoms with Crippen molar-refractivity contribution in [2.75, 3.05) is 39.3 Å². The van der Waals surface area contributed by atoms with Gasteiger partial charge in [-0.05, 0) is 41.8 Å². The highest BCUT2D eigenvalue weighted by Crippen LogP contribution is 2.41. The van der Waals surface area contributed by atoms with Gasteiger partial charge in [0, 0.05) is 38.3 Å². The lowest BCUT2D eigenvalue weighted by atomic mass is 9.93. The average molecular weight is 441 g/mol. The molecular formula is C29H32N2O2. The standard InChI is InChI=1S/C29H32N2O2/c1-2-32-25-14-15-28-27(21-25)29(26-13-7-6-12-24(26)22-33-28)31-19-17-30(18-20-31)16-8-11-23-9-4-3-5-10-23/h3-15,21,29H,2,16-20,22H2,1H3/b11-8+. The summed E-state index contributed by atoms with van der Waals surface area (Å²) in [5.41, 5.74) is 5.09. The van der Waals surface area contributed by atoms with Crippen molar-refractivity contribution >= 4 is 6.08 Å². The summed E-state index contributed by atoms with van der Waals surface area (Å²) in [7, 11) is 0. The van der Waals surface area contributed by atoms with Gasteiger partial charge in [-0.25, -0.2) is 0 Å². The number of fused-ring (bicyclic) bond motifs is 2. The SMILES string of the molecule is CCOc1ccc2c(c1)C(N1CCN(C/C=C/c3ccccc3)CC1)c1ccccc1CO2. The van der Waals surface area contributed by atoms with Crippen molar-refractivity contribution in [3.05, 3.63) is 101 Å². The zero-order chi connectivity index (χ0) is 22.5. The first-order chi connectivity index (χ1) is 16.3. The Labute approximate surface area is 197 Å². The van der Waals surface area contributed by atoms with Crippen molar-refractivity contribution < 1.29 is 9.47 Å². The van der Waals surface area contributed by atoms with Crippen molar-refractivity contribution in [1.82, 2.24) is 9.80 Å². The molecule has 170 valence electrons. The molecule has 1 fully saturated rings. The topological polar surface area (TPSA) is 24.9 Å². The number of benzene rings is 3. The number of rotatable bonds is 6. The molecule has 0 radical (unpaired) electrons. The Bertz CT molecular complexity index is 1090. The van der Waals surface area contributed by atoms with E-state index in [0.717, 1.165) is 44.2 Å². The smallest absolute Gasteiger partial charge is 0.125 e. The molecule has 0 amide bonds. The Morgan fingerprint density at radius 1 is 0.909 bits per heavy atom. The number of nitrogens with zero attached hydrogens (tertiary/aromatic N) is 2. The van der Waals surface area contributed by atoms with Crippen LogP contribution in [-0.2, 0) is 6.61 Å². The van der Waals surface area contributed by atoms with Gasteiger partial charge < -0.3 is 9.47 Å². The molecule has 3 aromatic carbocycles. The van der Waals surface area contributed by atoms with Gasteiger partial charge in [-0.1, -0.05) is 66.7 Å². The summed E-state index contributed by atoms with van der Waals surface area (Å²) < 4.78 is 12.1. The maximum Gasteiger partial charge on any atom is 0.125 e. The molecule has 0 aliphatic carbocycles. The van der Waals surface area contributed by atoms with Crippen molar-refractivity contribution in [3.8, 4) is 11.5 Å². The summed E-state index contributed by atoms with van der Waals surface area (Å²) >= 11 is 0. The van der Waals surface area contributed by atoms with Crippen LogP contribution in [0.15, 0.2) is 78.9 Å². The summed E-state index contributed by atoms with van der Waals surface area (Å²) in [5.74, 6) is 1.88. The van der Waals surface area contributed by atoms with E-state index in [1.54, 1.807) is 0 Å². The van der Waals surface area contributed by atoms with Crippen LogP contribution in [0.25, 0.3) is 6.08 Å². The Kier molecular flexibility index (Phi) is 6.75. The van der Waals surface area contributed by atoms with E-state index in [1.807, 2.05) is 13.0 Å². The van der Waals surface area contributed by atoms with Crippen LogP contribution < -0.4 is 9.47 Å². The maximum absolute atomic E-state index is 6.24. The molecule has 33 heavy (non-hydrogen) atoms. The first-order valence-corrected chi connectivity index (χ1v) is 12.0. The Balaban J connectivity index is 1.34. The van der Waals surface area contributed by atoms with Gasteiger partial charge in [-0.2, -0.15) is 0 Å². The molecule has 1 atom stereocenters. The number of piperazine rings is 1. The molecule has 2 aliphatic rings. The molecule has 0 N–H and O–H groups in total. The maximum atomic E-state index is 6.24. The molecule has 0 saturated carbocycles. The number of ether oxygens (including phenoxy) is 2.